The maximum Gasteiger partial charge on any atom is 0.362 e. The molecule has 4 heterocycles. The summed E-state index contributed by atoms with van der Waals surface area (Å²) in [6.07, 6.45) is 4.58. The summed E-state index contributed by atoms with van der Waals surface area (Å²) in [5.41, 5.74) is 4.34. The number of imide groups is 1. The van der Waals surface area contributed by atoms with E-state index in [2.05, 4.69) is 48.0 Å². The Morgan fingerprint density at radius 3 is 2.52 bits per heavy atom. The third kappa shape index (κ3) is 8.82. The van der Waals surface area contributed by atoms with Crippen molar-refractivity contribution in [1.82, 2.24) is 25.5 Å². The second kappa shape index (κ2) is 18.0. The van der Waals surface area contributed by atoms with Gasteiger partial charge in [0.25, 0.3) is 5.91 Å². The number of aromatic nitrogens is 2. The van der Waals surface area contributed by atoms with Crippen LogP contribution in [0.4, 0.5) is 28.8 Å². The quantitative estimate of drug-likeness (QED) is 0.0576. The number of hydrogen-bond donors (Lipinski definition) is 4. The van der Waals surface area contributed by atoms with Gasteiger partial charge >= 0.3 is 7.60 Å². The smallest absolute Gasteiger partial charge is 0.362 e. The summed E-state index contributed by atoms with van der Waals surface area (Å²) in [7, 11) is 0.697. The summed E-state index contributed by atoms with van der Waals surface area (Å²) in [5, 5.41) is 12.9. The van der Waals surface area contributed by atoms with Gasteiger partial charge in [-0.3, -0.25) is 24.3 Å². The van der Waals surface area contributed by atoms with Crippen molar-refractivity contribution in [2.75, 3.05) is 56.5 Å². The van der Waals surface area contributed by atoms with E-state index in [9.17, 15) is 18.9 Å². The molecule has 0 aliphatic carbocycles. The van der Waals surface area contributed by atoms with Crippen LogP contribution in [0.2, 0.25) is 5.02 Å². The SMILES string of the molecule is COc1cc(N2CCC(NCCC#Cc3cccc4c3CN(C3CCC(=O)NC3=O)C4=O)CC2)ccc1Nc1ncc(Cl)c(Nc2ccccc2P(=O)(OC)OC)n1. The summed E-state index contributed by atoms with van der Waals surface area (Å²) in [6, 6.07) is 18.0. The molecule has 0 radical (unpaired) electrons. The number of nitrogens with zero attached hydrogens (tertiary/aromatic N) is 4. The second-order valence-electron chi connectivity index (χ2n) is 13.9. The highest BCUT2D eigenvalue weighted by atomic mass is 35.5. The Kier molecular flexibility index (Phi) is 12.6. The number of fused-ring (bicyclic) bond motifs is 1. The molecule has 1 aromatic heterocycles. The normalized spacial score (nSPS) is 17.0. The van der Waals surface area contributed by atoms with E-state index in [1.54, 1.807) is 42.3 Å². The van der Waals surface area contributed by atoms with Gasteiger partial charge in [-0.25, -0.2) is 4.98 Å². The molecule has 4 aromatic rings. The fourth-order valence-corrected chi connectivity index (χ4v) is 8.75. The first-order chi connectivity index (χ1) is 28.1. The summed E-state index contributed by atoms with van der Waals surface area (Å²) in [4.78, 5) is 50.0. The van der Waals surface area contributed by atoms with Gasteiger partial charge in [0.15, 0.2) is 5.82 Å². The molecule has 3 aliphatic heterocycles. The predicted octanol–water partition coefficient (Wildman–Crippen LogP) is 5.50. The van der Waals surface area contributed by atoms with Crippen LogP contribution in [0.25, 0.3) is 0 Å². The molecule has 0 saturated carbocycles. The zero-order chi connectivity index (χ0) is 40.8. The molecular weight excluding hydrogens is 783 g/mol. The lowest BCUT2D eigenvalue weighted by Gasteiger charge is -2.34. The minimum absolute atomic E-state index is 0.201. The summed E-state index contributed by atoms with van der Waals surface area (Å²) >= 11 is 6.46. The van der Waals surface area contributed by atoms with E-state index in [0.29, 0.717) is 59.2 Å². The third-order valence-corrected chi connectivity index (χ3v) is 12.7. The topological polar surface area (TPSA) is 176 Å². The van der Waals surface area contributed by atoms with Gasteiger partial charge in [-0.15, -0.1) is 0 Å². The lowest BCUT2D eigenvalue weighted by molar-refractivity contribution is -0.136. The van der Waals surface area contributed by atoms with Gasteiger partial charge in [-0.2, -0.15) is 4.98 Å². The van der Waals surface area contributed by atoms with E-state index >= 15 is 0 Å². The number of carbonyl (C=O) groups excluding carboxylic acids is 3. The molecule has 302 valence electrons. The molecule has 0 spiro atoms. The molecule has 58 heavy (non-hydrogen) atoms. The molecule has 4 N–H and O–H groups in total. The van der Waals surface area contributed by atoms with E-state index in [0.717, 1.165) is 49.3 Å². The van der Waals surface area contributed by atoms with Gasteiger partial charge in [0.2, 0.25) is 17.8 Å². The monoisotopic (exact) mass is 826 g/mol. The number of benzene rings is 3. The fraction of sp³-hybridized carbons (Fsp3) is 0.341. The number of para-hydroxylation sites is 1. The molecule has 1 atom stereocenters. The molecule has 15 nitrogen and oxygen atoms in total. The number of ether oxygens (including phenoxy) is 1. The number of piperidine rings is 2. The van der Waals surface area contributed by atoms with Gasteiger partial charge in [0.05, 0.1) is 30.0 Å². The highest BCUT2D eigenvalue weighted by molar-refractivity contribution is 7.62. The highest BCUT2D eigenvalue weighted by Gasteiger charge is 2.39. The maximum absolute atomic E-state index is 13.2. The first-order valence-electron chi connectivity index (χ1n) is 18.9. The highest BCUT2D eigenvalue weighted by Crippen LogP contribution is 2.47. The molecule has 2 fully saturated rings. The van der Waals surface area contributed by atoms with E-state index < -0.39 is 19.5 Å². The van der Waals surface area contributed by atoms with Gasteiger partial charge < -0.3 is 39.5 Å². The van der Waals surface area contributed by atoms with Crippen molar-refractivity contribution < 1.29 is 32.7 Å². The molecule has 1 unspecified atom stereocenters. The van der Waals surface area contributed by atoms with Crippen LogP contribution in [-0.2, 0) is 29.7 Å². The second-order valence-corrected chi connectivity index (χ2v) is 16.5. The Morgan fingerprint density at radius 2 is 1.76 bits per heavy atom. The number of nitrogens with one attached hydrogen (secondary N) is 4. The Morgan fingerprint density at radius 1 is 0.966 bits per heavy atom. The molecule has 7 rings (SSSR count). The number of halogens is 1. The number of carbonyl (C=O) groups is 3. The van der Waals surface area contributed by atoms with Gasteiger partial charge in [0.1, 0.15) is 16.8 Å². The first-order valence-corrected chi connectivity index (χ1v) is 20.8. The van der Waals surface area contributed by atoms with E-state index in [1.807, 2.05) is 30.3 Å². The molecule has 17 heteroatoms. The number of anilines is 5. The predicted molar refractivity (Wildman–Crippen MR) is 222 cm³/mol. The van der Waals surface area contributed by atoms with Crippen LogP contribution in [0.15, 0.2) is 66.9 Å². The third-order valence-electron chi connectivity index (χ3n) is 10.5. The van der Waals surface area contributed by atoms with Crippen LogP contribution in [-0.4, -0.2) is 85.6 Å². The maximum atomic E-state index is 13.2. The summed E-state index contributed by atoms with van der Waals surface area (Å²) in [6.45, 7) is 2.77. The Balaban J connectivity index is 0.910. The van der Waals surface area contributed by atoms with Gasteiger partial charge in [0, 0.05) is 82.2 Å². The van der Waals surface area contributed by atoms with Crippen molar-refractivity contribution in [3.05, 3.63) is 88.6 Å². The van der Waals surface area contributed by atoms with Crippen molar-refractivity contribution in [1.29, 1.82) is 0 Å². The van der Waals surface area contributed by atoms with Crippen molar-refractivity contribution >= 4 is 71.1 Å². The standard InChI is InChI=1S/C41H44ClN8O7P/c1-55-35-23-28(14-15-32(35)46-41-44-24-31(42)38(48-41)45-33-12-4-5-13-36(33)58(54,56-2)57-3)49-21-18-27(19-22-49)43-20-7-6-9-26-10-8-11-29-30(26)25-50(40(29)53)34-16-17-37(51)47-39(34)52/h4-5,8,10-15,23-24,27,34,43H,7,16-22,25H2,1-3H3,(H,47,51,52)(H2,44,45,46,48). The molecule has 2 saturated heterocycles. The van der Waals surface area contributed by atoms with Crippen LogP contribution in [0, 0.1) is 11.8 Å². The summed E-state index contributed by atoms with van der Waals surface area (Å²) in [5.74, 6) is 6.76. The molecule has 3 amide bonds. The fourth-order valence-electron chi connectivity index (χ4n) is 7.37. The van der Waals surface area contributed by atoms with Gasteiger partial charge in [-0.1, -0.05) is 41.6 Å². The van der Waals surface area contributed by atoms with E-state index in [1.165, 1.54) is 20.4 Å². The van der Waals surface area contributed by atoms with Crippen LogP contribution in [0.3, 0.4) is 0 Å². The molecular formula is C41H44ClN8O7P. The Bertz CT molecular complexity index is 2320. The average molecular weight is 827 g/mol. The minimum atomic E-state index is -3.57. The van der Waals surface area contributed by atoms with Crippen molar-refractivity contribution in [2.45, 2.75) is 50.7 Å². The summed E-state index contributed by atoms with van der Waals surface area (Å²) < 4.78 is 29.3. The zero-order valence-electron chi connectivity index (χ0n) is 32.3. The van der Waals surface area contributed by atoms with Crippen LogP contribution < -0.4 is 36.2 Å². The van der Waals surface area contributed by atoms with Crippen LogP contribution >= 0.6 is 19.2 Å². The zero-order valence-corrected chi connectivity index (χ0v) is 34.0. The molecule has 0 bridgehead atoms. The Labute approximate surface area is 341 Å². The largest absolute Gasteiger partial charge is 0.494 e. The van der Waals surface area contributed by atoms with E-state index in [-0.39, 0.29) is 29.2 Å². The van der Waals surface area contributed by atoms with Crippen LogP contribution in [0.1, 0.15) is 53.6 Å². The lowest BCUT2D eigenvalue weighted by Crippen LogP contribution is -2.52. The number of hydrogen-bond acceptors (Lipinski definition) is 13. The number of amides is 3. The Hall–Kier alpha value is -5.49. The van der Waals surface area contributed by atoms with Crippen molar-refractivity contribution in [3.63, 3.8) is 0 Å². The molecule has 3 aliphatic rings. The number of methoxy groups -OCH3 is 1. The lowest BCUT2D eigenvalue weighted by atomic mass is 10.0. The molecule has 3 aromatic carbocycles. The first kappa shape index (κ1) is 40.7. The van der Waals surface area contributed by atoms with Crippen molar-refractivity contribution in [2.24, 2.45) is 0 Å². The minimum Gasteiger partial charge on any atom is -0.494 e. The van der Waals surface area contributed by atoms with Crippen molar-refractivity contribution in [3.8, 4) is 17.6 Å². The average Bonchev–Trinajstić information content (AvgIpc) is 3.58. The van der Waals surface area contributed by atoms with Crippen LogP contribution in [0.5, 0.6) is 5.75 Å². The number of rotatable bonds is 13. The van der Waals surface area contributed by atoms with Gasteiger partial charge in [-0.05, 0) is 61.2 Å². The van der Waals surface area contributed by atoms with E-state index in [4.69, 9.17) is 25.4 Å².